The molecule has 0 saturated carbocycles. The average Bonchev–Trinajstić information content (AvgIpc) is 2.66. The van der Waals surface area contributed by atoms with Crippen LogP contribution in [-0.4, -0.2) is 36.1 Å². The summed E-state index contributed by atoms with van der Waals surface area (Å²) in [5, 5.41) is 1.35. The molecule has 3 heteroatoms. The zero-order valence-electron chi connectivity index (χ0n) is 10.7. The molecule has 18 heavy (non-hydrogen) atoms. The summed E-state index contributed by atoms with van der Waals surface area (Å²) in [7, 11) is 1.73. The van der Waals surface area contributed by atoms with Crippen LogP contribution in [0, 0.1) is 0 Å². The van der Waals surface area contributed by atoms with Gasteiger partial charge in [-0.2, -0.15) is 0 Å². The molecule has 0 spiro atoms. The van der Waals surface area contributed by atoms with Crippen LogP contribution in [0.1, 0.15) is 17.7 Å². The van der Waals surface area contributed by atoms with Crippen LogP contribution in [0.15, 0.2) is 18.2 Å². The van der Waals surface area contributed by atoms with Crippen LogP contribution < -0.4 is 4.74 Å². The number of nitrogens with zero attached hydrogens (tertiary/aromatic N) is 1. The molecule has 4 rings (SSSR count). The van der Waals surface area contributed by atoms with E-state index in [0.717, 1.165) is 11.8 Å². The normalized spacial score (nSPS) is 23.1. The van der Waals surface area contributed by atoms with Crippen molar-refractivity contribution in [2.24, 2.45) is 0 Å². The maximum absolute atomic E-state index is 5.34. The average molecular weight is 242 g/mol. The molecule has 1 aromatic heterocycles. The Morgan fingerprint density at radius 3 is 3.06 bits per heavy atom. The molecular weight excluding hydrogens is 224 g/mol. The molecule has 0 aliphatic carbocycles. The van der Waals surface area contributed by atoms with Crippen LogP contribution in [0.3, 0.4) is 0 Å². The van der Waals surface area contributed by atoms with Gasteiger partial charge >= 0.3 is 0 Å². The number of methoxy groups -OCH3 is 1. The van der Waals surface area contributed by atoms with E-state index in [9.17, 15) is 0 Å². The first-order chi connectivity index (χ1) is 8.85. The van der Waals surface area contributed by atoms with Crippen molar-refractivity contribution in [2.75, 3.05) is 20.2 Å². The standard InChI is InChI=1S/C15H18N2O/c1-18-11-2-3-14-13(9-11)12-5-7-17-6-4-10(17)8-15(12)16-14/h2-3,9-10,16H,4-8H2,1H3/t10-/m0/s1. The van der Waals surface area contributed by atoms with Crippen molar-refractivity contribution in [1.29, 1.82) is 0 Å². The first kappa shape index (κ1) is 10.4. The van der Waals surface area contributed by atoms with E-state index in [1.807, 2.05) is 6.07 Å². The fraction of sp³-hybridized carbons (Fsp3) is 0.467. The number of benzene rings is 1. The lowest BCUT2D eigenvalue weighted by Gasteiger charge is -2.39. The van der Waals surface area contributed by atoms with Crippen LogP contribution in [0.25, 0.3) is 10.9 Å². The van der Waals surface area contributed by atoms with E-state index in [0.29, 0.717) is 0 Å². The highest BCUT2D eigenvalue weighted by atomic mass is 16.5. The Labute approximate surface area is 107 Å². The minimum Gasteiger partial charge on any atom is -0.497 e. The van der Waals surface area contributed by atoms with Crippen molar-refractivity contribution in [2.45, 2.75) is 25.3 Å². The lowest BCUT2D eigenvalue weighted by Crippen LogP contribution is -2.48. The maximum Gasteiger partial charge on any atom is 0.119 e. The SMILES string of the molecule is COc1ccc2[nH]c3c(c2c1)CCN1CC[C@H]1C3. The molecule has 1 N–H and O–H groups in total. The second-order valence-electron chi connectivity index (χ2n) is 5.43. The Hall–Kier alpha value is -1.48. The molecule has 0 bridgehead atoms. The number of nitrogens with one attached hydrogen (secondary N) is 1. The molecule has 0 amide bonds. The van der Waals surface area contributed by atoms with Gasteiger partial charge in [0.2, 0.25) is 0 Å². The predicted octanol–water partition coefficient (Wildman–Crippen LogP) is 2.35. The van der Waals surface area contributed by atoms with Gasteiger partial charge in [0.1, 0.15) is 5.75 Å². The van der Waals surface area contributed by atoms with Gasteiger partial charge in [-0.25, -0.2) is 0 Å². The molecule has 2 aliphatic rings. The van der Waals surface area contributed by atoms with E-state index in [-0.39, 0.29) is 0 Å². The topological polar surface area (TPSA) is 28.3 Å². The van der Waals surface area contributed by atoms with Gasteiger partial charge < -0.3 is 9.72 Å². The van der Waals surface area contributed by atoms with Crippen LogP contribution in [0.4, 0.5) is 0 Å². The molecule has 1 fully saturated rings. The highest BCUT2D eigenvalue weighted by molar-refractivity contribution is 5.86. The second-order valence-corrected chi connectivity index (χ2v) is 5.43. The highest BCUT2D eigenvalue weighted by Gasteiger charge is 2.32. The summed E-state index contributed by atoms with van der Waals surface area (Å²) >= 11 is 0. The van der Waals surface area contributed by atoms with Crippen molar-refractivity contribution in [3.63, 3.8) is 0 Å². The van der Waals surface area contributed by atoms with Crippen LogP contribution >= 0.6 is 0 Å². The number of rotatable bonds is 1. The number of H-pyrrole nitrogens is 1. The zero-order valence-corrected chi connectivity index (χ0v) is 10.7. The third-order valence-corrected chi connectivity index (χ3v) is 4.56. The number of aromatic nitrogens is 1. The Morgan fingerprint density at radius 1 is 1.33 bits per heavy atom. The van der Waals surface area contributed by atoms with Crippen LogP contribution in [0.2, 0.25) is 0 Å². The van der Waals surface area contributed by atoms with Gasteiger partial charge in [0, 0.05) is 35.6 Å². The van der Waals surface area contributed by atoms with Gasteiger partial charge in [-0.1, -0.05) is 0 Å². The molecule has 0 unspecified atom stereocenters. The molecule has 1 aromatic carbocycles. The molecule has 2 aromatic rings. The summed E-state index contributed by atoms with van der Waals surface area (Å²) in [6, 6.07) is 7.13. The molecule has 94 valence electrons. The number of hydrogen-bond donors (Lipinski definition) is 1. The van der Waals surface area contributed by atoms with Crippen molar-refractivity contribution in [1.82, 2.24) is 9.88 Å². The van der Waals surface area contributed by atoms with E-state index in [4.69, 9.17) is 4.74 Å². The van der Waals surface area contributed by atoms with Gasteiger partial charge in [0.15, 0.2) is 0 Å². The summed E-state index contributed by atoms with van der Waals surface area (Å²) in [6.07, 6.45) is 3.71. The molecule has 1 saturated heterocycles. The summed E-state index contributed by atoms with van der Waals surface area (Å²) in [4.78, 5) is 6.22. The van der Waals surface area contributed by atoms with Crippen LogP contribution in [0.5, 0.6) is 5.75 Å². The lowest BCUT2D eigenvalue weighted by molar-refractivity contribution is 0.0970. The first-order valence-electron chi connectivity index (χ1n) is 6.76. The summed E-state index contributed by atoms with van der Waals surface area (Å²) in [6.45, 7) is 2.50. The molecule has 2 aliphatic heterocycles. The Morgan fingerprint density at radius 2 is 2.28 bits per heavy atom. The summed E-state index contributed by atoms with van der Waals surface area (Å²) in [5.41, 5.74) is 4.22. The van der Waals surface area contributed by atoms with Gasteiger partial charge in [-0.05, 0) is 43.1 Å². The van der Waals surface area contributed by atoms with E-state index in [1.165, 1.54) is 54.5 Å². The lowest BCUT2D eigenvalue weighted by atomic mass is 9.99. The van der Waals surface area contributed by atoms with Gasteiger partial charge in [0.25, 0.3) is 0 Å². The smallest absolute Gasteiger partial charge is 0.119 e. The second kappa shape index (κ2) is 3.75. The Bertz CT molecular complexity index is 602. The van der Waals surface area contributed by atoms with Crippen molar-refractivity contribution < 1.29 is 4.74 Å². The third-order valence-electron chi connectivity index (χ3n) is 4.56. The van der Waals surface area contributed by atoms with E-state index < -0.39 is 0 Å². The number of fused-ring (bicyclic) bond motifs is 4. The molecule has 3 heterocycles. The van der Waals surface area contributed by atoms with Gasteiger partial charge in [-0.15, -0.1) is 0 Å². The maximum atomic E-state index is 5.34. The fourth-order valence-electron chi connectivity index (χ4n) is 3.38. The van der Waals surface area contributed by atoms with Crippen molar-refractivity contribution >= 4 is 10.9 Å². The number of hydrogen-bond acceptors (Lipinski definition) is 2. The Balaban J connectivity index is 1.84. The highest BCUT2D eigenvalue weighted by Crippen LogP contribution is 2.33. The predicted molar refractivity (Wildman–Crippen MR) is 72.2 cm³/mol. The first-order valence-corrected chi connectivity index (χ1v) is 6.76. The number of aromatic amines is 1. The summed E-state index contributed by atoms with van der Waals surface area (Å²) in [5.74, 6) is 0.955. The quantitative estimate of drug-likeness (QED) is 0.831. The molecule has 0 radical (unpaired) electrons. The van der Waals surface area contributed by atoms with Gasteiger partial charge in [0.05, 0.1) is 7.11 Å². The van der Waals surface area contributed by atoms with Crippen molar-refractivity contribution in [3.05, 3.63) is 29.5 Å². The van der Waals surface area contributed by atoms with Crippen molar-refractivity contribution in [3.8, 4) is 5.75 Å². The minimum absolute atomic E-state index is 0.779. The third kappa shape index (κ3) is 1.40. The number of ether oxygens (including phenoxy) is 1. The summed E-state index contributed by atoms with van der Waals surface area (Å²) < 4.78 is 5.34. The zero-order chi connectivity index (χ0) is 12.1. The van der Waals surface area contributed by atoms with E-state index in [1.54, 1.807) is 7.11 Å². The minimum atomic E-state index is 0.779. The van der Waals surface area contributed by atoms with Crippen LogP contribution in [-0.2, 0) is 12.8 Å². The van der Waals surface area contributed by atoms with E-state index >= 15 is 0 Å². The molecule has 3 nitrogen and oxygen atoms in total. The molecular formula is C15H18N2O. The Kier molecular flexibility index (Phi) is 2.18. The molecule has 1 atom stereocenters. The largest absolute Gasteiger partial charge is 0.497 e. The monoisotopic (exact) mass is 242 g/mol. The van der Waals surface area contributed by atoms with Gasteiger partial charge in [-0.3, -0.25) is 4.90 Å². The fourth-order valence-corrected chi connectivity index (χ4v) is 3.38. The van der Waals surface area contributed by atoms with E-state index in [2.05, 4.69) is 22.0 Å².